The second kappa shape index (κ2) is 10.1. The molecule has 1 aromatic heterocycles. The number of amides is 1. The number of hydrogen-bond donors (Lipinski definition) is 1. The summed E-state index contributed by atoms with van der Waals surface area (Å²) in [5, 5.41) is 3.86. The van der Waals surface area contributed by atoms with Crippen LogP contribution >= 0.6 is 0 Å². The highest BCUT2D eigenvalue weighted by atomic mass is 16.5. The van der Waals surface area contributed by atoms with E-state index in [0.29, 0.717) is 23.5 Å². The fourth-order valence-electron chi connectivity index (χ4n) is 4.41. The fourth-order valence-corrected chi connectivity index (χ4v) is 4.41. The molecule has 6 nitrogen and oxygen atoms in total. The van der Waals surface area contributed by atoms with Crippen molar-refractivity contribution in [3.63, 3.8) is 0 Å². The number of methoxy groups -OCH3 is 1. The molecule has 0 bridgehead atoms. The number of nitrogens with zero attached hydrogens (tertiary/aromatic N) is 2. The van der Waals surface area contributed by atoms with Gasteiger partial charge in [-0.1, -0.05) is 12.1 Å². The quantitative estimate of drug-likeness (QED) is 0.532. The normalized spacial score (nSPS) is 14.7. The number of anilines is 1. The molecule has 4 rings (SSSR count). The minimum atomic E-state index is -0.0822. The topological polar surface area (TPSA) is 58.0 Å². The molecule has 1 amide bonds. The molecule has 6 heteroatoms. The number of nitrogens with one attached hydrogen (secondary N) is 1. The van der Waals surface area contributed by atoms with Crippen molar-refractivity contribution in [3.05, 3.63) is 59.4 Å². The molecular weight excluding hydrogens is 402 g/mol. The molecule has 0 aliphatic carbocycles. The smallest absolute Gasteiger partial charge is 0.255 e. The first-order chi connectivity index (χ1) is 15.5. The van der Waals surface area contributed by atoms with Crippen LogP contribution in [0.1, 0.15) is 34.5 Å². The van der Waals surface area contributed by atoms with Crippen LogP contribution in [0.4, 0.5) is 5.69 Å². The van der Waals surface area contributed by atoms with E-state index in [1.165, 1.54) is 11.3 Å². The first kappa shape index (κ1) is 22.2. The number of aryl methyl sites for hydroxylation is 2. The fraction of sp³-hybridized carbons (Fsp3) is 0.423. The van der Waals surface area contributed by atoms with Gasteiger partial charge >= 0.3 is 0 Å². The summed E-state index contributed by atoms with van der Waals surface area (Å²) in [7, 11) is 1.62. The van der Waals surface area contributed by atoms with Crippen molar-refractivity contribution >= 4 is 22.6 Å². The molecule has 32 heavy (non-hydrogen) atoms. The van der Waals surface area contributed by atoms with Gasteiger partial charge in [-0.25, -0.2) is 0 Å². The van der Waals surface area contributed by atoms with E-state index in [1.54, 1.807) is 7.11 Å². The Kier molecular flexibility index (Phi) is 7.00. The van der Waals surface area contributed by atoms with Gasteiger partial charge in [-0.3, -0.25) is 9.69 Å². The number of carbonyl (C=O) groups excluding carboxylic acids is 1. The molecule has 1 N–H and O–H groups in total. The lowest BCUT2D eigenvalue weighted by molar-refractivity contribution is 0.0952. The highest BCUT2D eigenvalue weighted by Crippen LogP contribution is 2.29. The standard InChI is InChI=1S/C26H33N3O3/c1-19-7-6-8-21(17-19)29-15-13-28(14-16-29)12-5-4-11-27-26(30)25-20(2)32-24-10-9-22(31-3)18-23(24)25/h6-10,17-18H,4-5,11-16H2,1-3H3,(H,27,30). The van der Waals surface area contributed by atoms with Crippen molar-refractivity contribution in [1.29, 1.82) is 0 Å². The average Bonchev–Trinajstić information content (AvgIpc) is 3.14. The molecule has 1 aliphatic rings. The van der Waals surface area contributed by atoms with Crippen molar-refractivity contribution < 1.29 is 13.9 Å². The van der Waals surface area contributed by atoms with Crippen LogP contribution in [0.3, 0.4) is 0 Å². The Morgan fingerprint density at radius 2 is 1.88 bits per heavy atom. The molecule has 0 unspecified atom stereocenters. The third-order valence-corrected chi connectivity index (χ3v) is 6.22. The van der Waals surface area contributed by atoms with E-state index in [4.69, 9.17) is 9.15 Å². The number of fused-ring (bicyclic) bond motifs is 1. The number of hydrogen-bond acceptors (Lipinski definition) is 5. The van der Waals surface area contributed by atoms with Crippen molar-refractivity contribution in [3.8, 4) is 5.75 Å². The first-order valence-electron chi connectivity index (χ1n) is 11.4. The second-order valence-corrected chi connectivity index (χ2v) is 8.53. The van der Waals surface area contributed by atoms with E-state index in [1.807, 2.05) is 25.1 Å². The lowest BCUT2D eigenvalue weighted by Crippen LogP contribution is -2.46. The average molecular weight is 436 g/mol. The number of unbranched alkanes of at least 4 members (excludes halogenated alkanes) is 1. The van der Waals surface area contributed by atoms with E-state index in [0.717, 1.165) is 56.7 Å². The molecule has 1 saturated heterocycles. The molecule has 3 aromatic rings. The summed E-state index contributed by atoms with van der Waals surface area (Å²) in [5.41, 5.74) is 3.95. The second-order valence-electron chi connectivity index (χ2n) is 8.53. The SMILES string of the molecule is COc1ccc2oc(C)c(C(=O)NCCCCN3CCN(c4cccc(C)c4)CC3)c2c1. The number of benzene rings is 2. The highest BCUT2D eigenvalue weighted by Gasteiger charge is 2.19. The van der Waals surface area contributed by atoms with E-state index in [9.17, 15) is 4.79 Å². The van der Waals surface area contributed by atoms with Gasteiger partial charge in [0.1, 0.15) is 17.1 Å². The molecule has 0 saturated carbocycles. The zero-order valence-electron chi connectivity index (χ0n) is 19.3. The molecule has 1 fully saturated rings. The van der Waals surface area contributed by atoms with Crippen molar-refractivity contribution in [1.82, 2.24) is 10.2 Å². The predicted octanol–water partition coefficient (Wildman–Crippen LogP) is 4.39. The van der Waals surface area contributed by atoms with Gasteiger partial charge in [-0.15, -0.1) is 0 Å². The van der Waals surface area contributed by atoms with Crippen LogP contribution in [-0.2, 0) is 0 Å². The van der Waals surface area contributed by atoms with E-state index in [-0.39, 0.29) is 5.91 Å². The number of piperazine rings is 1. The van der Waals surface area contributed by atoms with Gasteiger partial charge < -0.3 is 19.4 Å². The van der Waals surface area contributed by atoms with Crippen LogP contribution in [-0.4, -0.2) is 57.2 Å². The molecule has 0 atom stereocenters. The number of carbonyl (C=O) groups is 1. The Balaban J connectivity index is 1.20. The summed E-state index contributed by atoms with van der Waals surface area (Å²) in [6.45, 7) is 10.0. The summed E-state index contributed by atoms with van der Waals surface area (Å²) in [5.74, 6) is 1.27. The molecule has 170 valence electrons. The Hall–Kier alpha value is -2.99. The Morgan fingerprint density at radius 1 is 1.06 bits per heavy atom. The number of ether oxygens (including phenoxy) is 1. The maximum absolute atomic E-state index is 12.8. The Bertz CT molecular complexity index is 1070. The molecule has 1 aliphatic heterocycles. The van der Waals surface area contributed by atoms with Crippen LogP contribution in [0.15, 0.2) is 46.9 Å². The van der Waals surface area contributed by atoms with Gasteiger partial charge in [-0.2, -0.15) is 0 Å². The maximum atomic E-state index is 12.8. The van der Waals surface area contributed by atoms with Gasteiger partial charge in [0, 0.05) is 43.8 Å². The van der Waals surface area contributed by atoms with Crippen LogP contribution in [0.25, 0.3) is 11.0 Å². The molecular formula is C26H33N3O3. The minimum absolute atomic E-state index is 0.0822. The summed E-state index contributed by atoms with van der Waals surface area (Å²) in [6, 6.07) is 14.3. The van der Waals surface area contributed by atoms with Gasteiger partial charge in [0.25, 0.3) is 5.91 Å². The van der Waals surface area contributed by atoms with Crippen LogP contribution in [0, 0.1) is 13.8 Å². The van der Waals surface area contributed by atoms with Crippen molar-refractivity contribution in [2.75, 3.05) is 51.3 Å². The minimum Gasteiger partial charge on any atom is -0.497 e. The molecule has 2 heterocycles. The van der Waals surface area contributed by atoms with Gasteiger partial charge in [-0.05, 0) is 69.1 Å². The number of rotatable bonds is 8. The molecule has 0 spiro atoms. The Morgan fingerprint density at radius 3 is 2.62 bits per heavy atom. The van der Waals surface area contributed by atoms with Gasteiger partial charge in [0.05, 0.1) is 12.7 Å². The monoisotopic (exact) mass is 435 g/mol. The largest absolute Gasteiger partial charge is 0.497 e. The first-order valence-corrected chi connectivity index (χ1v) is 11.4. The van der Waals surface area contributed by atoms with Crippen molar-refractivity contribution in [2.24, 2.45) is 0 Å². The Labute approximate surface area is 190 Å². The van der Waals surface area contributed by atoms with E-state index >= 15 is 0 Å². The maximum Gasteiger partial charge on any atom is 0.255 e. The number of furan rings is 1. The van der Waals surface area contributed by atoms with E-state index < -0.39 is 0 Å². The van der Waals surface area contributed by atoms with Crippen molar-refractivity contribution in [2.45, 2.75) is 26.7 Å². The lowest BCUT2D eigenvalue weighted by atomic mass is 10.1. The summed E-state index contributed by atoms with van der Waals surface area (Å²) in [4.78, 5) is 17.8. The molecule has 0 radical (unpaired) electrons. The summed E-state index contributed by atoms with van der Waals surface area (Å²) >= 11 is 0. The predicted molar refractivity (Wildman–Crippen MR) is 129 cm³/mol. The van der Waals surface area contributed by atoms with Crippen LogP contribution in [0.5, 0.6) is 5.75 Å². The third-order valence-electron chi connectivity index (χ3n) is 6.22. The highest BCUT2D eigenvalue weighted by molar-refractivity contribution is 6.07. The zero-order valence-corrected chi connectivity index (χ0v) is 19.3. The zero-order chi connectivity index (χ0) is 22.5. The third kappa shape index (κ3) is 5.07. The van der Waals surface area contributed by atoms with Gasteiger partial charge in [0.2, 0.25) is 0 Å². The van der Waals surface area contributed by atoms with Crippen LogP contribution < -0.4 is 15.0 Å². The van der Waals surface area contributed by atoms with E-state index in [2.05, 4.69) is 46.3 Å². The summed E-state index contributed by atoms with van der Waals surface area (Å²) in [6.07, 6.45) is 2.03. The van der Waals surface area contributed by atoms with Crippen LogP contribution in [0.2, 0.25) is 0 Å². The van der Waals surface area contributed by atoms with Gasteiger partial charge in [0.15, 0.2) is 0 Å². The molecule has 2 aromatic carbocycles. The lowest BCUT2D eigenvalue weighted by Gasteiger charge is -2.36. The summed E-state index contributed by atoms with van der Waals surface area (Å²) < 4.78 is 11.0.